The van der Waals surface area contributed by atoms with E-state index in [1.807, 2.05) is 20.8 Å². The highest BCUT2D eigenvalue weighted by molar-refractivity contribution is 5.58. The Hall–Kier alpha value is -0.450. The van der Waals surface area contributed by atoms with Gasteiger partial charge in [0.25, 0.3) is 0 Å². The molecule has 108 valence electrons. The van der Waals surface area contributed by atoms with Crippen LogP contribution in [0.4, 0.5) is 0 Å². The second-order valence-electron chi connectivity index (χ2n) is 4.80. The number of carbonyl (C=O) groups excluding carboxylic acids is 1. The number of nitrogens with zero attached hydrogens (tertiary/aromatic N) is 1. The molecule has 18 heavy (non-hydrogen) atoms. The number of carbonyl (C=O) groups is 1. The van der Waals surface area contributed by atoms with Gasteiger partial charge in [-0.3, -0.25) is 4.90 Å². The van der Waals surface area contributed by atoms with Crippen LogP contribution in [0.15, 0.2) is 0 Å². The Bertz CT molecular complexity index is 201. The van der Waals surface area contributed by atoms with Gasteiger partial charge in [-0.1, -0.05) is 13.8 Å². The summed E-state index contributed by atoms with van der Waals surface area (Å²) in [6, 6.07) is 0. The molecule has 0 heterocycles. The Morgan fingerprint density at radius 2 is 1.56 bits per heavy atom. The first-order valence-electron chi connectivity index (χ1n) is 6.96. The largest absolute Gasteiger partial charge is 0.380 e. The summed E-state index contributed by atoms with van der Waals surface area (Å²) in [4.78, 5) is 13.4. The van der Waals surface area contributed by atoms with Crippen molar-refractivity contribution in [2.24, 2.45) is 5.41 Å². The lowest BCUT2D eigenvalue weighted by atomic mass is 9.89. The fraction of sp³-hybridized carbons (Fsp3) is 0.929. The minimum absolute atomic E-state index is 0.265. The summed E-state index contributed by atoms with van der Waals surface area (Å²) in [6.07, 6.45) is 1.93. The molecule has 0 bridgehead atoms. The van der Waals surface area contributed by atoms with Gasteiger partial charge in [-0.2, -0.15) is 0 Å². The van der Waals surface area contributed by atoms with E-state index in [4.69, 9.17) is 9.47 Å². The summed E-state index contributed by atoms with van der Waals surface area (Å²) < 4.78 is 10.8. The number of ether oxygens (including phenoxy) is 2. The molecule has 0 aliphatic heterocycles. The first-order chi connectivity index (χ1) is 8.61. The van der Waals surface area contributed by atoms with Crippen molar-refractivity contribution in [3.05, 3.63) is 0 Å². The van der Waals surface area contributed by atoms with E-state index in [1.165, 1.54) is 0 Å². The van der Waals surface area contributed by atoms with Crippen LogP contribution in [0.1, 0.15) is 34.1 Å². The zero-order valence-electron chi connectivity index (χ0n) is 12.4. The molecular formula is C14H29NO3. The van der Waals surface area contributed by atoms with Crippen LogP contribution in [0.5, 0.6) is 0 Å². The maximum Gasteiger partial charge on any atom is 0.127 e. The molecule has 0 fully saturated rings. The molecule has 1 unspecified atom stereocenters. The highest BCUT2D eigenvalue weighted by Gasteiger charge is 2.24. The fourth-order valence-corrected chi connectivity index (χ4v) is 1.69. The maximum absolute atomic E-state index is 11.2. The second kappa shape index (κ2) is 10.5. The summed E-state index contributed by atoms with van der Waals surface area (Å²) in [5.74, 6) is 0. The van der Waals surface area contributed by atoms with Crippen LogP contribution >= 0.6 is 0 Å². The lowest BCUT2D eigenvalue weighted by Crippen LogP contribution is -2.40. The van der Waals surface area contributed by atoms with Crippen molar-refractivity contribution in [3.63, 3.8) is 0 Å². The lowest BCUT2D eigenvalue weighted by Gasteiger charge is -2.30. The fourth-order valence-electron chi connectivity index (χ4n) is 1.69. The quantitative estimate of drug-likeness (QED) is 0.397. The smallest absolute Gasteiger partial charge is 0.127 e. The van der Waals surface area contributed by atoms with E-state index in [1.54, 1.807) is 0 Å². The van der Waals surface area contributed by atoms with Crippen molar-refractivity contribution >= 4 is 6.29 Å². The molecule has 0 aromatic carbocycles. The van der Waals surface area contributed by atoms with E-state index in [0.29, 0.717) is 13.2 Å². The molecule has 1 atom stereocenters. The molecule has 0 spiro atoms. The van der Waals surface area contributed by atoms with E-state index in [0.717, 1.165) is 45.6 Å². The summed E-state index contributed by atoms with van der Waals surface area (Å²) in [5.41, 5.74) is -0.265. The number of hydrogen-bond donors (Lipinski definition) is 0. The van der Waals surface area contributed by atoms with Crippen molar-refractivity contribution in [2.75, 3.05) is 46.1 Å². The van der Waals surface area contributed by atoms with Crippen molar-refractivity contribution in [2.45, 2.75) is 34.1 Å². The molecule has 0 aliphatic carbocycles. The van der Waals surface area contributed by atoms with Gasteiger partial charge in [0.05, 0.1) is 13.2 Å². The summed E-state index contributed by atoms with van der Waals surface area (Å²) in [5, 5.41) is 0. The Morgan fingerprint density at radius 1 is 1.06 bits per heavy atom. The molecule has 0 aliphatic rings. The Kier molecular flexibility index (Phi) is 10.2. The molecule has 0 saturated heterocycles. The standard InChI is InChI=1S/C14H29NO3/c1-5-14(4,13-16)12-15(8-10-17-6-2)9-11-18-7-3/h13H,5-12H2,1-4H3. The molecule has 0 aromatic rings. The third-order valence-electron chi connectivity index (χ3n) is 3.19. The average molecular weight is 259 g/mol. The predicted octanol–water partition coefficient (Wildman–Crippen LogP) is 1.98. The normalized spacial score (nSPS) is 14.7. The number of rotatable bonds is 12. The lowest BCUT2D eigenvalue weighted by molar-refractivity contribution is -0.116. The van der Waals surface area contributed by atoms with Crippen molar-refractivity contribution < 1.29 is 14.3 Å². The van der Waals surface area contributed by atoms with Crippen LogP contribution in [0, 0.1) is 5.41 Å². The predicted molar refractivity (Wildman–Crippen MR) is 73.9 cm³/mol. The molecule has 0 saturated carbocycles. The van der Waals surface area contributed by atoms with Crippen LogP contribution in [0.2, 0.25) is 0 Å². The third-order valence-corrected chi connectivity index (χ3v) is 3.19. The summed E-state index contributed by atoms with van der Waals surface area (Å²) >= 11 is 0. The van der Waals surface area contributed by atoms with E-state index in [-0.39, 0.29) is 5.41 Å². The van der Waals surface area contributed by atoms with E-state index in [9.17, 15) is 4.79 Å². The van der Waals surface area contributed by atoms with Gasteiger partial charge in [0.2, 0.25) is 0 Å². The molecular weight excluding hydrogens is 230 g/mol. The first kappa shape index (κ1) is 17.6. The van der Waals surface area contributed by atoms with Crippen molar-refractivity contribution in [1.82, 2.24) is 4.90 Å². The second-order valence-corrected chi connectivity index (χ2v) is 4.80. The van der Waals surface area contributed by atoms with E-state index < -0.39 is 0 Å². The third kappa shape index (κ3) is 7.80. The van der Waals surface area contributed by atoms with Gasteiger partial charge in [0.1, 0.15) is 6.29 Å². The summed E-state index contributed by atoms with van der Waals surface area (Å²) in [6.45, 7) is 13.4. The van der Waals surface area contributed by atoms with Crippen LogP contribution in [0.25, 0.3) is 0 Å². The van der Waals surface area contributed by atoms with E-state index in [2.05, 4.69) is 11.8 Å². The van der Waals surface area contributed by atoms with Gasteiger partial charge in [-0.25, -0.2) is 0 Å². The molecule has 4 heteroatoms. The minimum Gasteiger partial charge on any atom is -0.380 e. The Morgan fingerprint density at radius 3 is 1.89 bits per heavy atom. The minimum atomic E-state index is -0.265. The van der Waals surface area contributed by atoms with Gasteiger partial charge in [-0.05, 0) is 20.3 Å². The van der Waals surface area contributed by atoms with Crippen molar-refractivity contribution in [1.29, 1.82) is 0 Å². The van der Waals surface area contributed by atoms with Gasteiger partial charge in [-0.15, -0.1) is 0 Å². The van der Waals surface area contributed by atoms with Crippen LogP contribution < -0.4 is 0 Å². The van der Waals surface area contributed by atoms with Gasteiger partial charge in [0, 0.05) is 38.3 Å². The van der Waals surface area contributed by atoms with Crippen molar-refractivity contribution in [3.8, 4) is 0 Å². The van der Waals surface area contributed by atoms with Crippen LogP contribution in [-0.4, -0.2) is 57.2 Å². The van der Waals surface area contributed by atoms with Gasteiger partial charge >= 0.3 is 0 Å². The SMILES string of the molecule is CCOCCN(CCOCC)CC(C)(C=O)CC. The van der Waals surface area contributed by atoms with Gasteiger partial charge < -0.3 is 14.3 Å². The highest BCUT2D eigenvalue weighted by Crippen LogP contribution is 2.19. The number of aldehydes is 1. The average Bonchev–Trinajstić information content (AvgIpc) is 2.39. The number of hydrogen-bond acceptors (Lipinski definition) is 4. The molecule has 0 N–H and O–H groups in total. The van der Waals surface area contributed by atoms with Crippen LogP contribution in [0.3, 0.4) is 0 Å². The van der Waals surface area contributed by atoms with Crippen LogP contribution in [-0.2, 0) is 14.3 Å². The Balaban J connectivity index is 4.21. The first-order valence-corrected chi connectivity index (χ1v) is 6.96. The molecule has 0 aromatic heterocycles. The molecule has 0 radical (unpaired) electrons. The topological polar surface area (TPSA) is 38.8 Å². The monoisotopic (exact) mass is 259 g/mol. The molecule has 4 nitrogen and oxygen atoms in total. The maximum atomic E-state index is 11.2. The zero-order valence-corrected chi connectivity index (χ0v) is 12.4. The molecule has 0 amide bonds. The zero-order chi connectivity index (χ0) is 13.9. The Labute approximate surface area is 112 Å². The summed E-state index contributed by atoms with van der Waals surface area (Å²) in [7, 11) is 0. The molecule has 0 rings (SSSR count). The van der Waals surface area contributed by atoms with E-state index >= 15 is 0 Å². The van der Waals surface area contributed by atoms with Gasteiger partial charge in [0.15, 0.2) is 0 Å². The highest BCUT2D eigenvalue weighted by atomic mass is 16.5.